The van der Waals surface area contributed by atoms with E-state index in [1.54, 1.807) is 0 Å². The van der Waals surface area contributed by atoms with Gasteiger partial charge in [0.25, 0.3) is 0 Å². The van der Waals surface area contributed by atoms with Crippen LogP contribution in [0.2, 0.25) is 0 Å². The highest BCUT2D eigenvalue weighted by molar-refractivity contribution is 5.76. The number of hydrogen-bond donors (Lipinski definition) is 2. The van der Waals surface area contributed by atoms with Gasteiger partial charge in [0, 0.05) is 13.2 Å². The van der Waals surface area contributed by atoms with Crippen LogP contribution in [-0.2, 0) is 15.7 Å². The van der Waals surface area contributed by atoms with Crippen molar-refractivity contribution in [3.05, 3.63) is 35.4 Å². The summed E-state index contributed by atoms with van der Waals surface area (Å²) in [6.07, 6.45) is -3.08. The van der Waals surface area contributed by atoms with Crippen LogP contribution in [0.4, 0.5) is 13.2 Å². The first-order chi connectivity index (χ1) is 9.89. The average molecular weight is 303 g/mol. The Morgan fingerprint density at radius 2 is 2.14 bits per heavy atom. The van der Waals surface area contributed by atoms with E-state index in [9.17, 15) is 23.1 Å². The molecule has 4 nitrogen and oxygen atoms in total. The number of alkyl halides is 3. The van der Waals surface area contributed by atoms with Crippen molar-refractivity contribution in [2.24, 2.45) is 0 Å². The first kappa shape index (κ1) is 15.8. The summed E-state index contributed by atoms with van der Waals surface area (Å²) in [6, 6.07) is 3.30. The van der Waals surface area contributed by atoms with Gasteiger partial charge in [0.1, 0.15) is 6.04 Å². The van der Waals surface area contributed by atoms with Crippen LogP contribution < -0.4 is 5.32 Å². The molecule has 1 aliphatic heterocycles. The van der Waals surface area contributed by atoms with Gasteiger partial charge in [-0.05, 0) is 24.5 Å². The van der Waals surface area contributed by atoms with Gasteiger partial charge in [-0.15, -0.1) is 0 Å². The molecule has 2 N–H and O–H groups in total. The van der Waals surface area contributed by atoms with Crippen LogP contribution in [0.3, 0.4) is 0 Å². The molecular formula is C14H16F3NO3. The van der Waals surface area contributed by atoms with Gasteiger partial charge in [0.15, 0.2) is 0 Å². The summed E-state index contributed by atoms with van der Waals surface area (Å²) in [5.74, 6) is -1.34. The Hall–Kier alpha value is -1.60. The molecule has 1 saturated heterocycles. The number of carboxylic acid groups (broad SMARTS) is 1. The summed E-state index contributed by atoms with van der Waals surface area (Å²) in [6.45, 7) is 0.812. The number of benzene rings is 1. The largest absolute Gasteiger partial charge is 0.480 e. The van der Waals surface area contributed by atoms with Crippen molar-refractivity contribution in [1.29, 1.82) is 0 Å². The van der Waals surface area contributed by atoms with Crippen molar-refractivity contribution in [2.45, 2.75) is 31.2 Å². The van der Waals surface area contributed by atoms with E-state index in [4.69, 9.17) is 4.74 Å². The fraction of sp³-hybridized carbons (Fsp3) is 0.500. The van der Waals surface area contributed by atoms with Gasteiger partial charge in [-0.2, -0.15) is 13.2 Å². The zero-order valence-electron chi connectivity index (χ0n) is 11.2. The van der Waals surface area contributed by atoms with Gasteiger partial charge in [-0.3, -0.25) is 10.1 Å². The summed E-state index contributed by atoms with van der Waals surface area (Å²) in [5.41, 5.74) is -1.22. The number of rotatable bonds is 5. The fourth-order valence-corrected chi connectivity index (χ4v) is 2.39. The molecule has 1 fully saturated rings. The highest BCUT2D eigenvalue weighted by Gasteiger charge is 2.36. The van der Waals surface area contributed by atoms with Gasteiger partial charge in [-0.1, -0.05) is 18.2 Å². The lowest BCUT2D eigenvalue weighted by Gasteiger charge is -2.21. The topological polar surface area (TPSA) is 58.6 Å². The third-order valence-corrected chi connectivity index (χ3v) is 3.40. The number of carboxylic acids is 1. The molecule has 0 radical (unpaired) electrons. The molecule has 2 rings (SSSR count). The standard InChI is InChI=1S/C14H16F3NO3/c15-14(16,17)11-6-2-1-5-10(11)12(13(19)20)18-8-9-4-3-7-21-9/h1-2,5-6,9,12,18H,3-4,7-8H2,(H,19,20). The lowest BCUT2D eigenvalue weighted by Crippen LogP contribution is -2.35. The molecule has 0 saturated carbocycles. The molecule has 0 spiro atoms. The van der Waals surface area contributed by atoms with Crippen LogP contribution in [0, 0.1) is 0 Å². The Balaban J connectivity index is 2.19. The van der Waals surface area contributed by atoms with Crippen molar-refractivity contribution in [3.63, 3.8) is 0 Å². The number of halogens is 3. The van der Waals surface area contributed by atoms with E-state index < -0.39 is 23.8 Å². The van der Waals surface area contributed by atoms with E-state index in [2.05, 4.69) is 5.32 Å². The molecular weight excluding hydrogens is 287 g/mol. The maximum absolute atomic E-state index is 13.0. The number of carbonyl (C=O) groups is 1. The maximum atomic E-state index is 13.0. The van der Waals surface area contributed by atoms with Crippen molar-refractivity contribution in [3.8, 4) is 0 Å². The van der Waals surface area contributed by atoms with Crippen molar-refractivity contribution < 1.29 is 27.8 Å². The molecule has 21 heavy (non-hydrogen) atoms. The number of aliphatic carboxylic acids is 1. The molecule has 7 heteroatoms. The molecule has 2 unspecified atom stereocenters. The van der Waals surface area contributed by atoms with Gasteiger partial charge in [0.2, 0.25) is 0 Å². The maximum Gasteiger partial charge on any atom is 0.416 e. The van der Waals surface area contributed by atoms with Crippen LogP contribution in [0.25, 0.3) is 0 Å². The minimum atomic E-state index is -4.59. The number of ether oxygens (including phenoxy) is 1. The quantitative estimate of drug-likeness (QED) is 0.878. The third-order valence-electron chi connectivity index (χ3n) is 3.40. The summed E-state index contributed by atoms with van der Waals surface area (Å²) in [4.78, 5) is 11.3. The normalized spacial score (nSPS) is 20.4. The molecule has 0 aliphatic carbocycles. The zero-order chi connectivity index (χ0) is 15.5. The summed E-state index contributed by atoms with van der Waals surface area (Å²) in [5, 5.41) is 11.9. The van der Waals surface area contributed by atoms with Gasteiger partial charge in [-0.25, -0.2) is 0 Å². The Morgan fingerprint density at radius 3 is 2.71 bits per heavy atom. The average Bonchev–Trinajstić information content (AvgIpc) is 2.91. The molecule has 2 atom stereocenters. The monoisotopic (exact) mass is 303 g/mol. The predicted molar refractivity (Wildman–Crippen MR) is 68.8 cm³/mol. The second-order valence-electron chi connectivity index (χ2n) is 4.90. The highest BCUT2D eigenvalue weighted by Crippen LogP contribution is 2.34. The van der Waals surface area contributed by atoms with Gasteiger partial charge in [0.05, 0.1) is 11.7 Å². The van der Waals surface area contributed by atoms with Crippen LogP contribution >= 0.6 is 0 Å². The first-order valence-corrected chi connectivity index (χ1v) is 6.63. The SMILES string of the molecule is O=C(O)C(NCC1CCCO1)c1ccccc1C(F)(F)F. The fourth-order valence-electron chi connectivity index (χ4n) is 2.39. The van der Waals surface area contributed by atoms with Crippen LogP contribution in [0.15, 0.2) is 24.3 Å². The van der Waals surface area contributed by atoms with E-state index in [1.807, 2.05) is 0 Å². The number of hydrogen-bond acceptors (Lipinski definition) is 3. The van der Waals surface area contributed by atoms with Gasteiger partial charge < -0.3 is 9.84 Å². The molecule has 0 bridgehead atoms. The summed E-state index contributed by atoms with van der Waals surface area (Å²) in [7, 11) is 0. The van der Waals surface area contributed by atoms with E-state index in [1.165, 1.54) is 18.2 Å². The molecule has 1 heterocycles. The molecule has 0 amide bonds. The Morgan fingerprint density at radius 1 is 1.43 bits per heavy atom. The van der Waals surface area contributed by atoms with Crippen LogP contribution in [0.1, 0.15) is 30.0 Å². The van der Waals surface area contributed by atoms with E-state index >= 15 is 0 Å². The van der Waals surface area contributed by atoms with Crippen LogP contribution in [0.5, 0.6) is 0 Å². The lowest BCUT2D eigenvalue weighted by molar-refractivity contribution is -0.142. The minimum Gasteiger partial charge on any atom is -0.480 e. The predicted octanol–water partition coefficient (Wildman–Crippen LogP) is 2.60. The molecule has 0 aromatic heterocycles. The van der Waals surface area contributed by atoms with E-state index in [0.29, 0.717) is 6.61 Å². The zero-order valence-corrected chi connectivity index (χ0v) is 11.2. The minimum absolute atomic E-state index is 0.148. The second-order valence-corrected chi connectivity index (χ2v) is 4.90. The molecule has 1 aromatic rings. The Bertz CT molecular complexity index is 498. The van der Waals surface area contributed by atoms with Gasteiger partial charge >= 0.3 is 12.1 Å². The first-order valence-electron chi connectivity index (χ1n) is 6.63. The smallest absolute Gasteiger partial charge is 0.416 e. The summed E-state index contributed by atoms with van der Waals surface area (Å²) < 4.78 is 44.2. The third kappa shape index (κ3) is 3.95. The van der Waals surface area contributed by atoms with Crippen molar-refractivity contribution >= 4 is 5.97 Å². The van der Waals surface area contributed by atoms with E-state index in [0.717, 1.165) is 18.9 Å². The Labute approximate surface area is 119 Å². The number of nitrogens with one attached hydrogen (secondary N) is 1. The Kier molecular flexibility index (Phi) is 4.84. The highest BCUT2D eigenvalue weighted by atomic mass is 19.4. The van der Waals surface area contributed by atoms with Crippen LogP contribution in [-0.4, -0.2) is 30.3 Å². The molecule has 1 aliphatic rings. The molecule has 116 valence electrons. The lowest BCUT2D eigenvalue weighted by atomic mass is 9.99. The van der Waals surface area contributed by atoms with Crippen molar-refractivity contribution in [2.75, 3.05) is 13.2 Å². The van der Waals surface area contributed by atoms with E-state index in [-0.39, 0.29) is 18.2 Å². The van der Waals surface area contributed by atoms with Crippen molar-refractivity contribution in [1.82, 2.24) is 5.32 Å². The second kappa shape index (κ2) is 6.44. The summed E-state index contributed by atoms with van der Waals surface area (Å²) >= 11 is 0. The molecule has 1 aromatic carbocycles.